The van der Waals surface area contributed by atoms with Gasteiger partial charge in [-0.1, -0.05) is 12.1 Å². The molecule has 6 rings (SSSR count). The van der Waals surface area contributed by atoms with Crippen LogP contribution in [-0.4, -0.2) is 72.4 Å². The summed E-state index contributed by atoms with van der Waals surface area (Å²) < 4.78 is 48.2. The summed E-state index contributed by atoms with van der Waals surface area (Å²) in [5.41, 5.74) is 6.46. The fraction of sp³-hybridized carbons (Fsp3) is 0.435. The molecule has 6 aromatic rings. The first-order valence-electron chi connectivity index (χ1n) is 22.1. The van der Waals surface area contributed by atoms with Crippen molar-refractivity contribution in [2.45, 2.75) is 117 Å². The summed E-state index contributed by atoms with van der Waals surface area (Å²) in [4.78, 5) is 4.77. The molecular weight excluding hydrogens is 941 g/mol. The number of thiophene rings is 2. The van der Waals surface area contributed by atoms with Crippen LogP contribution in [-0.2, 0) is 16.5 Å². The van der Waals surface area contributed by atoms with Crippen LogP contribution >= 0.6 is 34.4 Å². The van der Waals surface area contributed by atoms with Crippen molar-refractivity contribution in [1.82, 2.24) is 8.75 Å². The Balaban J connectivity index is 1.02. The number of nitrogens with zero attached hydrogens (tertiary/aromatic N) is 2. The van der Waals surface area contributed by atoms with E-state index < -0.39 is 50.4 Å². The van der Waals surface area contributed by atoms with Gasteiger partial charge < -0.3 is 25.9 Å². The Kier molecular flexibility index (Phi) is 16.1. The second-order valence-corrected chi connectivity index (χ2v) is 48.4. The summed E-state index contributed by atoms with van der Waals surface area (Å²) in [6, 6.07) is 32.2. The van der Waals surface area contributed by atoms with Crippen molar-refractivity contribution in [2.75, 3.05) is 13.2 Å². The third-order valence-electron chi connectivity index (χ3n) is 9.97. The van der Waals surface area contributed by atoms with Crippen molar-refractivity contribution in [2.24, 2.45) is 0 Å². The Hall–Kier alpha value is -2.38. The minimum atomic E-state index is -2.14. The van der Waals surface area contributed by atoms with Crippen LogP contribution in [0.3, 0.4) is 0 Å². The maximum Gasteiger partial charge on any atom is 0.311 e. The summed E-state index contributed by atoms with van der Waals surface area (Å²) in [5.74, 6) is 1.79. The zero-order chi connectivity index (χ0) is 45.8. The lowest BCUT2D eigenvalue weighted by Gasteiger charge is -2.37. The monoisotopic (exact) mass is 1010 g/mol. The van der Waals surface area contributed by atoms with Gasteiger partial charge in [-0.3, -0.25) is 0 Å². The maximum atomic E-state index is 6.67. The van der Waals surface area contributed by atoms with E-state index in [1.54, 1.807) is 22.7 Å². The van der Waals surface area contributed by atoms with E-state index in [0.29, 0.717) is 13.2 Å². The molecule has 340 valence electrons. The predicted octanol–water partition coefficient (Wildman–Crippen LogP) is 15.6. The molecule has 0 atom stereocenters. The van der Waals surface area contributed by atoms with Gasteiger partial charge in [0.25, 0.3) is 0 Å². The van der Waals surface area contributed by atoms with Crippen LogP contribution in [0, 0.1) is 0 Å². The molecule has 0 radical (unpaired) electrons. The number of hydrogen-bond acceptors (Lipinski definition) is 11. The summed E-state index contributed by atoms with van der Waals surface area (Å²) in [6.07, 6.45) is 1.94. The standard InChI is InChI=1S/C46H68N2O6S3Si6/c1-58(2,3)51-62(11,12)53-60(7,8)33-15-31-49-37-21-17-35(18-22-37)41-27-29-43(55-41)39-25-26-40(46-45(39)47-57-48-46)44-30-28-42(56-44)36-19-23-38(24-20-36)50-32-16-34-61(9,10)54-63(13,14)52-59(4,5)6/h17-30H,15-16,31-34H2,1-14H3. The third kappa shape index (κ3) is 15.1. The Labute approximate surface area is 395 Å². The van der Waals surface area contributed by atoms with Gasteiger partial charge in [-0.2, -0.15) is 8.75 Å². The normalized spacial score (nSPS) is 13.2. The molecule has 0 aliphatic carbocycles. The minimum absolute atomic E-state index is 0.676. The highest BCUT2D eigenvalue weighted by atomic mass is 32.1. The van der Waals surface area contributed by atoms with Crippen LogP contribution in [0.5, 0.6) is 11.5 Å². The molecule has 63 heavy (non-hydrogen) atoms. The molecule has 0 saturated carbocycles. The molecular formula is C46H68N2O6S3Si6. The van der Waals surface area contributed by atoms with Crippen LogP contribution in [0.2, 0.25) is 104 Å². The quantitative estimate of drug-likeness (QED) is 0.0491. The molecule has 0 N–H and O–H groups in total. The highest BCUT2D eigenvalue weighted by Gasteiger charge is 2.39. The first kappa shape index (κ1) is 50.0. The third-order valence-corrected chi connectivity index (χ3v) is 33.1. The van der Waals surface area contributed by atoms with E-state index in [9.17, 15) is 0 Å². The Morgan fingerprint density at radius 2 is 0.762 bits per heavy atom. The average Bonchev–Trinajstić information content (AvgIpc) is 3.95. The molecule has 3 heterocycles. The van der Waals surface area contributed by atoms with Crippen molar-refractivity contribution in [3.63, 3.8) is 0 Å². The van der Waals surface area contributed by atoms with Gasteiger partial charge in [-0.15, -0.1) is 22.7 Å². The van der Waals surface area contributed by atoms with E-state index in [4.69, 9.17) is 34.7 Å². The smallest absolute Gasteiger partial charge is 0.311 e. The molecule has 0 unspecified atom stereocenters. The van der Waals surface area contributed by atoms with Gasteiger partial charge in [0.2, 0.25) is 0 Å². The first-order chi connectivity index (χ1) is 29.4. The average molecular weight is 1010 g/mol. The minimum Gasteiger partial charge on any atom is -0.494 e. The summed E-state index contributed by atoms with van der Waals surface area (Å²) >= 11 is 4.83. The van der Waals surface area contributed by atoms with Crippen molar-refractivity contribution >= 4 is 95.8 Å². The van der Waals surface area contributed by atoms with Gasteiger partial charge in [0.15, 0.2) is 33.3 Å². The number of aromatic nitrogens is 2. The van der Waals surface area contributed by atoms with E-state index in [0.717, 1.165) is 58.6 Å². The lowest BCUT2D eigenvalue weighted by molar-refractivity contribution is 0.313. The van der Waals surface area contributed by atoms with Crippen LogP contribution in [0.1, 0.15) is 12.8 Å². The van der Waals surface area contributed by atoms with Crippen LogP contribution in [0.4, 0.5) is 0 Å². The molecule has 0 fully saturated rings. The second-order valence-electron chi connectivity index (χ2n) is 20.4. The lowest BCUT2D eigenvalue weighted by atomic mass is 10.1. The molecule has 0 aliphatic rings. The SMILES string of the molecule is C[Si](C)(C)O[Si](C)(C)O[Si](C)(C)CCCOc1ccc(-c2ccc(-c3ccc(-c4ccc(-c5ccc(OCCC[Si](C)(C)O[Si](C)(C)O[Si](C)(C)C)cc5)s4)c4nsnc34)s2)cc1. The van der Waals surface area contributed by atoms with Gasteiger partial charge in [0, 0.05) is 30.6 Å². The zero-order valence-corrected chi connectivity index (χ0v) is 48.3. The second kappa shape index (κ2) is 20.2. The fourth-order valence-corrected chi connectivity index (χ4v) is 37.3. The molecule has 0 spiro atoms. The van der Waals surface area contributed by atoms with Crippen molar-refractivity contribution < 1.29 is 25.9 Å². The summed E-state index contributed by atoms with van der Waals surface area (Å²) in [7, 11) is -11.3. The predicted molar refractivity (Wildman–Crippen MR) is 286 cm³/mol. The highest BCUT2D eigenvalue weighted by molar-refractivity contribution is 7.19. The van der Waals surface area contributed by atoms with E-state index in [1.807, 2.05) is 0 Å². The van der Waals surface area contributed by atoms with Crippen LogP contribution in [0.15, 0.2) is 84.9 Å². The fourth-order valence-electron chi connectivity index (χ4n) is 8.30. The van der Waals surface area contributed by atoms with Gasteiger partial charge in [0.1, 0.15) is 22.5 Å². The number of ether oxygens (including phenoxy) is 2. The zero-order valence-electron chi connectivity index (χ0n) is 39.9. The maximum absolute atomic E-state index is 6.67. The van der Waals surface area contributed by atoms with Crippen molar-refractivity contribution in [3.05, 3.63) is 84.9 Å². The molecule has 3 aromatic carbocycles. The van der Waals surface area contributed by atoms with E-state index >= 15 is 0 Å². The first-order valence-corrected chi connectivity index (χ1v) is 43.1. The molecule has 3 aromatic heterocycles. The van der Waals surface area contributed by atoms with Gasteiger partial charge in [-0.25, -0.2) is 0 Å². The molecule has 0 amide bonds. The molecule has 0 aliphatic heterocycles. The van der Waals surface area contributed by atoms with Crippen LogP contribution < -0.4 is 9.47 Å². The summed E-state index contributed by atoms with van der Waals surface area (Å²) in [6.45, 7) is 32.7. The van der Waals surface area contributed by atoms with E-state index in [2.05, 4.69) is 177 Å². The lowest BCUT2D eigenvalue weighted by Crippen LogP contribution is -2.51. The largest absolute Gasteiger partial charge is 0.494 e. The Bertz CT molecular complexity index is 2250. The van der Waals surface area contributed by atoms with Gasteiger partial charge in [0.05, 0.1) is 24.9 Å². The molecule has 0 bridgehead atoms. The van der Waals surface area contributed by atoms with Crippen LogP contribution in [0.25, 0.3) is 52.8 Å². The topological polar surface area (TPSA) is 81.2 Å². The molecule has 8 nitrogen and oxygen atoms in total. The van der Waals surface area contributed by atoms with Gasteiger partial charge in [-0.05, 0) is 201 Å². The Morgan fingerprint density at radius 1 is 0.413 bits per heavy atom. The van der Waals surface area contributed by atoms with E-state index in [-0.39, 0.29) is 0 Å². The number of rotatable bonds is 22. The highest BCUT2D eigenvalue weighted by Crippen LogP contribution is 2.43. The summed E-state index contributed by atoms with van der Waals surface area (Å²) in [5, 5.41) is 0. The van der Waals surface area contributed by atoms with Crippen molar-refractivity contribution in [1.29, 1.82) is 0 Å². The number of fused-ring (bicyclic) bond motifs is 1. The number of hydrogen-bond donors (Lipinski definition) is 0. The Morgan fingerprint density at radius 3 is 1.11 bits per heavy atom. The van der Waals surface area contributed by atoms with Gasteiger partial charge >= 0.3 is 17.1 Å². The molecule has 17 heteroatoms. The van der Waals surface area contributed by atoms with E-state index in [1.165, 1.54) is 42.4 Å². The van der Waals surface area contributed by atoms with Crippen molar-refractivity contribution in [3.8, 4) is 53.3 Å². The number of benzene rings is 3. The molecule has 0 saturated heterocycles.